The average Bonchev–Trinajstić information content (AvgIpc) is 3.72. The van der Waals surface area contributed by atoms with Crippen molar-refractivity contribution in [3.8, 4) is 22.9 Å². The molecule has 2 aromatic heterocycles. The van der Waals surface area contributed by atoms with Crippen LogP contribution in [0.2, 0.25) is 0 Å². The first kappa shape index (κ1) is 36.6. The maximum absolute atomic E-state index is 11.8. The fraction of sp³-hybridized carbons (Fsp3) is 0.391. The molecule has 272 valence electrons. The molecule has 1 aliphatic carbocycles. The van der Waals surface area contributed by atoms with Gasteiger partial charge in [0.2, 0.25) is 0 Å². The van der Waals surface area contributed by atoms with Gasteiger partial charge in [-0.2, -0.15) is 23.5 Å². The molecule has 2 atom stereocenters. The Bertz CT molecular complexity index is 1960. The van der Waals surface area contributed by atoms with Gasteiger partial charge in [0.15, 0.2) is 0 Å². The summed E-state index contributed by atoms with van der Waals surface area (Å²) in [7, 11) is 0. The highest BCUT2D eigenvalue weighted by Gasteiger charge is 2.27. The number of nitrogens with zero attached hydrogens (tertiary/aromatic N) is 2. The van der Waals surface area contributed by atoms with E-state index in [9.17, 15) is 10.2 Å². The number of benzene rings is 4. The minimum atomic E-state index is -0.0527. The van der Waals surface area contributed by atoms with Crippen LogP contribution < -0.4 is 0 Å². The first-order chi connectivity index (χ1) is 24.8. The summed E-state index contributed by atoms with van der Waals surface area (Å²) in [5, 5.41) is 29.2. The molecule has 0 amide bonds. The van der Waals surface area contributed by atoms with E-state index >= 15 is 0 Å². The fourth-order valence-corrected chi connectivity index (χ4v) is 10.5. The van der Waals surface area contributed by atoms with Crippen molar-refractivity contribution in [2.75, 3.05) is 0 Å². The normalized spacial score (nSPS) is 17.4. The minimum Gasteiger partial charge on any atom is -0.505 e. The predicted molar refractivity (Wildman–Crippen MR) is 225 cm³/mol. The van der Waals surface area contributed by atoms with Crippen molar-refractivity contribution >= 4 is 45.1 Å². The van der Waals surface area contributed by atoms with Crippen LogP contribution >= 0.6 is 23.5 Å². The Morgan fingerprint density at radius 1 is 0.538 bits per heavy atom. The number of aromatic hydroxyl groups is 2. The second-order valence-corrected chi connectivity index (χ2v) is 19.2. The van der Waals surface area contributed by atoms with Gasteiger partial charge >= 0.3 is 0 Å². The molecule has 7 rings (SSSR count). The minimum absolute atomic E-state index is 0.0527. The number of hydrogen-bond acceptors (Lipinski definition) is 4. The zero-order valence-corrected chi connectivity index (χ0v) is 33.3. The fourth-order valence-electron chi connectivity index (χ4n) is 7.47. The van der Waals surface area contributed by atoms with Crippen LogP contribution in [-0.4, -0.2) is 29.8 Å². The molecule has 52 heavy (non-hydrogen) atoms. The van der Waals surface area contributed by atoms with Gasteiger partial charge in [0.25, 0.3) is 0 Å². The van der Waals surface area contributed by atoms with Gasteiger partial charge in [-0.3, -0.25) is 0 Å². The van der Waals surface area contributed by atoms with Crippen LogP contribution in [0.25, 0.3) is 32.9 Å². The van der Waals surface area contributed by atoms with E-state index in [1.165, 1.54) is 71.2 Å². The standard InChI is InChI=1S/C46H54N2O2S2/c1-45(2,3)37-21-35(43(49)39(23-37)47-25-31-15-11-12-16-32(31)26-47)29-51-41-19-9-7-8-10-20-42(41)52-30-36-22-38(46(4,5)6)24-40(44(36)50)48-27-33-17-13-14-18-34(33)28-48/h11-18,21-28,41-42,49-50H,7-10,19-20,29-30H2,1-6H3/t41-,42?/m0/s1. The molecule has 1 fully saturated rings. The molecule has 0 aliphatic heterocycles. The Balaban J connectivity index is 1.16. The molecular weight excluding hydrogens is 677 g/mol. The van der Waals surface area contributed by atoms with E-state index in [2.05, 4.69) is 148 Å². The number of phenolic OH excluding ortho intramolecular Hbond substituents is 2. The number of rotatable bonds is 8. The number of fused-ring (bicyclic) bond motifs is 2. The van der Waals surface area contributed by atoms with Crippen LogP contribution in [0.15, 0.2) is 97.6 Å². The SMILES string of the molecule is CC(C)(C)c1cc(CSC2CCCCCC[C@@H]2SCc2cc(C(C)(C)C)cc(-n3cc4ccccc4c3)c2O)c(O)c(-n2cc3ccccc3c2)c1. The number of phenols is 2. The molecule has 6 aromatic rings. The Hall–Kier alpha value is -3.74. The van der Waals surface area contributed by atoms with E-state index in [4.69, 9.17) is 0 Å². The van der Waals surface area contributed by atoms with Crippen LogP contribution in [0.1, 0.15) is 102 Å². The zero-order valence-electron chi connectivity index (χ0n) is 31.7. The molecule has 2 heterocycles. The van der Waals surface area contributed by atoms with Crippen molar-refractivity contribution in [2.24, 2.45) is 0 Å². The van der Waals surface area contributed by atoms with Crippen molar-refractivity contribution in [1.29, 1.82) is 0 Å². The van der Waals surface area contributed by atoms with Crippen molar-refractivity contribution in [2.45, 2.75) is 113 Å². The average molecular weight is 731 g/mol. The van der Waals surface area contributed by atoms with Crippen molar-refractivity contribution in [1.82, 2.24) is 9.13 Å². The van der Waals surface area contributed by atoms with Crippen LogP contribution in [0.4, 0.5) is 0 Å². The molecule has 0 bridgehead atoms. The summed E-state index contributed by atoms with van der Waals surface area (Å²) in [6.45, 7) is 13.5. The third-order valence-corrected chi connectivity index (χ3v) is 13.9. The lowest BCUT2D eigenvalue weighted by molar-refractivity contribution is 0.465. The van der Waals surface area contributed by atoms with Crippen LogP contribution in [-0.2, 0) is 22.3 Å². The third kappa shape index (κ3) is 7.94. The van der Waals surface area contributed by atoms with Gasteiger partial charge in [-0.05, 0) is 68.5 Å². The highest BCUT2D eigenvalue weighted by Crippen LogP contribution is 2.43. The highest BCUT2D eigenvalue weighted by molar-refractivity contribution is 8.03. The summed E-state index contributed by atoms with van der Waals surface area (Å²) < 4.78 is 4.20. The summed E-state index contributed by atoms with van der Waals surface area (Å²) in [4.78, 5) is 0. The van der Waals surface area contributed by atoms with E-state index in [1.807, 2.05) is 23.5 Å². The summed E-state index contributed by atoms with van der Waals surface area (Å²) in [5.41, 5.74) is 6.08. The molecule has 1 unspecified atom stereocenters. The molecule has 0 spiro atoms. The summed E-state index contributed by atoms with van der Waals surface area (Å²) in [5.74, 6) is 2.29. The smallest absolute Gasteiger partial charge is 0.143 e. The van der Waals surface area contributed by atoms with E-state index in [0.717, 1.165) is 34.0 Å². The summed E-state index contributed by atoms with van der Waals surface area (Å²) >= 11 is 4.03. The Labute approximate surface area is 318 Å². The molecule has 0 saturated heterocycles. The zero-order chi connectivity index (χ0) is 36.6. The van der Waals surface area contributed by atoms with E-state index in [0.29, 0.717) is 22.0 Å². The van der Waals surface area contributed by atoms with Gasteiger partial charge < -0.3 is 19.3 Å². The Morgan fingerprint density at radius 2 is 0.885 bits per heavy atom. The second kappa shape index (κ2) is 14.9. The van der Waals surface area contributed by atoms with E-state index in [1.54, 1.807) is 0 Å². The van der Waals surface area contributed by atoms with Gasteiger partial charge in [-0.25, -0.2) is 0 Å². The first-order valence-electron chi connectivity index (χ1n) is 19.0. The van der Waals surface area contributed by atoms with Crippen LogP contribution in [0, 0.1) is 0 Å². The third-order valence-electron chi connectivity index (χ3n) is 10.8. The van der Waals surface area contributed by atoms with Crippen molar-refractivity contribution in [3.63, 3.8) is 0 Å². The monoisotopic (exact) mass is 730 g/mol. The largest absolute Gasteiger partial charge is 0.505 e. The van der Waals surface area contributed by atoms with Gasteiger partial charge in [0.05, 0.1) is 11.4 Å². The molecule has 4 nitrogen and oxygen atoms in total. The summed E-state index contributed by atoms with van der Waals surface area (Å²) in [6, 6.07) is 25.6. The maximum Gasteiger partial charge on any atom is 0.143 e. The molecular formula is C46H54N2O2S2. The summed E-state index contributed by atoms with van der Waals surface area (Å²) in [6.07, 6.45) is 15.9. The molecule has 4 aromatic carbocycles. The molecule has 6 heteroatoms. The van der Waals surface area contributed by atoms with Gasteiger partial charge in [0, 0.05) is 57.9 Å². The van der Waals surface area contributed by atoms with Crippen LogP contribution in [0.3, 0.4) is 0 Å². The molecule has 2 N–H and O–H groups in total. The van der Waals surface area contributed by atoms with E-state index < -0.39 is 0 Å². The molecule has 1 saturated carbocycles. The number of thioether (sulfide) groups is 2. The quantitative estimate of drug-likeness (QED) is 0.164. The Morgan fingerprint density at radius 3 is 1.21 bits per heavy atom. The lowest BCUT2D eigenvalue weighted by atomic mass is 9.85. The number of aromatic nitrogens is 2. The molecule has 1 aliphatic rings. The lowest BCUT2D eigenvalue weighted by Gasteiger charge is -2.30. The first-order valence-corrected chi connectivity index (χ1v) is 21.0. The van der Waals surface area contributed by atoms with Gasteiger partial charge in [0.1, 0.15) is 11.5 Å². The lowest BCUT2D eigenvalue weighted by Crippen LogP contribution is -2.22. The van der Waals surface area contributed by atoms with Gasteiger partial charge in [-0.1, -0.05) is 128 Å². The predicted octanol–water partition coefficient (Wildman–Crippen LogP) is 12.8. The van der Waals surface area contributed by atoms with Crippen molar-refractivity contribution < 1.29 is 10.2 Å². The topological polar surface area (TPSA) is 50.3 Å². The van der Waals surface area contributed by atoms with E-state index in [-0.39, 0.29) is 10.8 Å². The Kier molecular flexibility index (Phi) is 10.5. The highest BCUT2D eigenvalue weighted by atomic mass is 32.2. The number of hydrogen-bond donors (Lipinski definition) is 2. The van der Waals surface area contributed by atoms with Crippen molar-refractivity contribution in [3.05, 3.63) is 120 Å². The van der Waals surface area contributed by atoms with Gasteiger partial charge in [-0.15, -0.1) is 0 Å². The maximum atomic E-state index is 11.8. The molecule has 0 radical (unpaired) electrons. The van der Waals surface area contributed by atoms with Crippen LogP contribution in [0.5, 0.6) is 11.5 Å². The second-order valence-electron chi connectivity index (χ2n) is 16.8.